The van der Waals surface area contributed by atoms with Crippen LogP contribution in [-0.4, -0.2) is 43.9 Å². The lowest BCUT2D eigenvalue weighted by Crippen LogP contribution is -2.41. The number of non-ortho nitro benzene ring substituents is 1. The summed E-state index contributed by atoms with van der Waals surface area (Å²) in [5.74, 6) is 0. The van der Waals surface area contributed by atoms with Crippen molar-refractivity contribution in [1.29, 1.82) is 0 Å². The number of hydrogen-bond donors (Lipinski definition) is 1. The first kappa shape index (κ1) is 21.7. The smallest absolute Gasteiger partial charge is 0.270 e. The Morgan fingerprint density at radius 2 is 1.93 bits per heavy atom. The molecule has 1 aromatic carbocycles. The van der Waals surface area contributed by atoms with Crippen LogP contribution in [0, 0.1) is 15.5 Å². The van der Waals surface area contributed by atoms with Crippen molar-refractivity contribution >= 4 is 32.7 Å². The maximum absolute atomic E-state index is 13.3. The summed E-state index contributed by atoms with van der Waals surface area (Å²) >= 11 is 1.58. The second-order valence-electron chi connectivity index (χ2n) is 7.91. The van der Waals surface area contributed by atoms with Gasteiger partial charge in [0.1, 0.15) is 4.90 Å². The number of nitro groups is 1. The Hall–Kier alpha value is -2.01. The largest absolute Gasteiger partial charge is 0.379 e. The molecule has 1 fully saturated rings. The van der Waals surface area contributed by atoms with Crippen LogP contribution in [0.1, 0.15) is 31.7 Å². The molecule has 1 unspecified atom stereocenters. The van der Waals surface area contributed by atoms with Crippen molar-refractivity contribution in [2.75, 3.05) is 31.6 Å². The molecule has 1 N–H and O–H groups in total. The van der Waals surface area contributed by atoms with Gasteiger partial charge in [0.15, 0.2) is 0 Å². The van der Waals surface area contributed by atoms with Gasteiger partial charge in [-0.05, 0) is 22.9 Å². The topological polar surface area (TPSA) is 102 Å². The normalized spacial score (nSPS) is 17.1. The van der Waals surface area contributed by atoms with Crippen LogP contribution in [0.4, 0.5) is 11.4 Å². The van der Waals surface area contributed by atoms with Crippen LogP contribution in [-0.2, 0) is 14.8 Å². The zero-order chi connectivity index (χ0) is 21.2. The molecule has 0 saturated carbocycles. The van der Waals surface area contributed by atoms with Crippen LogP contribution in [0.25, 0.3) is 0 Å². The van der Waals surface area contributed by atoms with Gasteiger partial charge in [0.25, 0.3) is 5.69 Å². The summed E-state index contributed by atoms with van der Waals surface area (Å²) < 4.78 is 33.2. The van der Waals surface area contributed by atoms with Gasteiger partial charge >= 0.3 is 0 Å². The Morgan fingerprint density at radius 3 is 2.48 bits per heavy atom. The van der Waals surface area contributed by atoms with Crippen molar-refractivity contribution in [2.24, 2.45) is 5.41 Å². The summed E-state index contributed by atoms with van der Waals surface area (Å²) in [5, 5.41) is 16.6. The van der Waals surface area contributed by atoms with E-state index in [1.165, 1.54) is 16.4 Å². The highest BCUT2D eigenvalue weighted by Crippen LogP contribution is 2.40. The number of hydrogen-bond acceptors (Lipinski definition) is 7. The van der Waals surface area contributed by atoms with E-state index >= 15 is 0 Å². The van der Waals surface area contributed by atoms with E-state index < -0.39 is 14.9 Å². The van der Waals surface area contributed by atoms with Crippen molar-refractivity contribution in [1.82, 2.24) is 4.31 Å². The predicted octanol–water partition coefficient (Wildman–Crippen LogP) is 3.88. The fourth-order valence-electron chi connectivity index (χ4n) is 3.21. The van der Waals surface area contributed by atoms with E-state index in [1.54, 1.807) is 11.3 Å². The zero-order valence-corrected chi connectivity index (χ0v) is 18.3. The van der Waals surface area contributed by atoms with Gasteiger partial charge in [-0.1, -0.05) is 26.8 Å². The van der Waals surface area contributed by atoms with Crippen molar-refractivity contribution in [2.45, 2.75) is 31.7 Å². The number of nitro benzene ring substituents is 1. The highest BCUT2D eigenvalue weighted by atomic mass is 32.2. The summed E-state index contributed by atoms with van der Waals surface area (Å²) in [7, 11) is -3.92. The maximum atomic E-state index is 13.3. The number of thiophene rings is 1. The van der Waals surface area contributed by atoms with Gasteiger partial charge in [-0.3, -0.25) is 10.1 Å². The lowest BCUT2D eigenvalue weighted by atomic mass is 9.85. The summed E-state index contributed by atoms with van der Waals surface area (Å²) in [6.07, 6.45) is 0. The molecule has 1 aromatic heterocycles. The molecule has 3 rings (SSSR count). The Balaban J connectivity index is 2.07. The van der Waals surface area contributed by atoms with Gasteiger partial charge in [0.2, 0.25) is 10.0 Å². The molecule has 1 atom stereocenters. The number of nitrogens with one attached hydrogen (secondary N) is 1. The third-order valence-corrected chi connectivity index (χ3v) is 7.63. The molecule has 0 amide bonds. The SMILES string of the molecule is CC(C)(C)C(Nc1ccc([N+](=O)[O-])cc1S(=O)(=O)N1CCOCC1)c1cccs1. The molecular formula is C19H25N3O5S2. The van der Waals surface area contributed by atoms with Crippen molar-refractivity contribution in [3.8, 4) is 0 Å². The van der Waals surface area contributed by atoms with E-state index in [9.17, 15) is 18.5 Å². The Labute approximate surface area is 174 Å². The second-order valence-corrected chi connectivity index (χ2v) is 10.8. The van der Waals surface area contributed by atoms with Gasteiger partial charge < -0.3 is 10.1 Å². The lowest BCUT2D eigenvalue weighted by Gasteiger charge is -2.33. The molecule has 10 heteroatoms. The number of benzene rings is 1. The van der Waals surface area contributed by atoms with Gasteiger partial charge in [0, 0.05) is 30.1 Å². The predicted molar refractivity (Wildman–Crippen MR) is 113 cm³/mol. The van der Waals surface area contributed by atoms with E-state index in [4.69, 9.17) is 4.74 Å². The fourth-order valence-corrected chi connectivity index (χ4v) is 5.81. The minimum Gasteiger partial charge on any atom is -0.379 e. The molecule has 2 heterocycles. The van der Waals surface area contributed by atoms with Gasteiger partial charge in [-0.15, -0.1) is 11.3 Å². The molecule has 0 spiro atoms. The minimum absolute atomic E-state index is 0.0839. The van der Waals surface area contributed by atoms with Crippen LogP contribution in [0.15, 0.2) is 40.6 Å². The summed E-state index contributed by atoms with van der Waals surface area (Å²) in [6, 6.07) is 7.73. The standard InChI is InChI=1S/C19H25N3O5S2/c1-19(2,3)18(16-5-4-12-28-16)20-15-7-6-14(22(23)24)13-17(15)29(25,26)21-8-10-27-11-9-21/h4-7,12-13,18,20H,8-11H2,1-3H3. The summed E-state index contributed by atoms with van der Waals surface area (Å²) in [6.45, 7) is 7.23. The molecule has 0 bridgehead atoms. The van der Waals surface area contributed by atoms with Crippen molar-refractivity contribution < 1.29 is 18.1 Å². The first-order valence-electron chi connectivity index (χ1n) is 9.27. The molecule has 1 aliphatic heterocycles. The van der Waals surface area contributed by atoms with Gasteiger partial charge in [-0.25, -0.2) is 8.42 Å². The van der Waals surface area contributed by atoms with Crippen LogP contribution in [0.2, 0.25) is 0 Å². The highest BCUT2D eigenvalue weighted by Gasteiger charge is 2.33. The van der Waals surface area contributed by atoms with Gasteiger partial charge in [0.05, 0.1) is 29.9 Å². The van der Waals surface area contributed by atoms with Gasteiger partial charge in [-0.2, -0.15) is 4.31 Å². The van der Waals surface area contributed by atoms with Crippen molar-refractivity contribution in [3.05, 3.63) is 50.7 Å². The molecule has 8 nitrogen and oxygen atoms in total. The summed E-state index contributed by atoms with van der Waals surface area (Å²) in [5.41, 5.74) is -0.117. The Morgan fingerprint density at radius 1 is 1.24 bits per heavy atom. The highest BCUT2D eigenvalue weighted by molar-refractivity contribution is 7.89. The second kappa shape index (κ2) is 8.39. The van der Waals surface area contributed by atoms with E-state index in [0.29, 0.717) is 18.9 Å². The molecule has 1 aliphatic rings. The van der Waals surface area contributed by atoms with Crippen molar-refractivity contribution in [3.63, 3.8) is 0 Å². The lowest BCUT2D eigenvalue weighted by molar-refractivity contribution is -0.385. The molecule has 0 radical (unpaired) electrons. The van der Waals surface area contributed by atoms with E-state index in [0.717, 1.165) is 10.9 Å². The van der Waals surface area contributed by atoms with E-state index in [2.05, 4.69) is 26.1 Å². The first-order chi connectivity index (χ1) is 13.6. The fraction of sp³-hybridized carbons (Fsp3) is 0.474. The molecule has 29 heavy (non-hydrogen) atoms. The maximum Gasteiger partial charge on any atom is 0.270 e. The number of nitrogens with zero attached hydrogens (tertiary/aromatic N) is 2. The number of ether oxygens (including phenoxy) is 1. The quantitative estimate of drug-likeness (QED) is 0.541. The zero-order valence-electron chi connectivity index (χ0n) is 16.6. The molecule has 0 aliphatic carbocycles. The third-order valence-electron chi connectivity index (χ3n) is 4.76. The van der Waals surface area contributed by atoms with Crippen LogP contribution in [0.3, 0.4) is 0 Å². The number of rotatable bonds is 6. The van der Waals surface area contributed by atoms with E-state index in [1.807, 2.05) is 17.5 Å². The van der Waals surface area contributed by atoms with Crippen LogP contribution < -0.4 is 5.32 Å². The number of morpholine rings is 1. The average Bonchev–Trinajstić information content (AvgIpc) is 3.20. The molecule has 1 saturated heterocycles. The Bertz CT molecular complexity index is 962. The van der Waals surface area contributed by atoms with E-state index in [-0.39, 0.29) is 35.1 Å². The summed E-state index contributed by atoms with van der Waals surface area (Å²) in [4.78, 5) is 11.7. The number of sulfonamides is 1. The average molecular weight is 440 g/mol. The monoisotopic (exact) mass is 439 g/mol. The molecular weight excluding hydrogens is 414 g/mol. The Kier molecular flexibility index (Phi) is 6.27. The molecule has 2 aromatic rings. The molecule has 158 valence electrons. The number of anilines is 1. The van der Waals surface area contributed by atoms with Crippen LogP contribution >= 0.6 is 11.3 Å². The van der Waals surface area contributed by atoms with Crippen LogP contribution in [0.5, 0.6) is 0 Å². The minimum atomic E-state index is -3.92. The third kappa shape index (κ3) is 4.77. The first-order valence-corrected chi connectivity index (χ1v) is 11.6.